The van der Waals surface area contributed by atoms with Crippen molar-refractivity contribution >= 4 is 23.4 Å². The molecule has 15 heavy (non-hydrogen) atoms. The van der Waals surface area contributed by atoms with Gasteiger partial charge in [0.25, 0.3) is 0 Å². The van der Waals surface area contributed by atoms with E-state index in [4.69, 9.17) is 10.5 Å². The van der Waals surface area contributed by atoms with Crippen LogP contribution in [0.5, 0.6) is 0 Å². The number of thioether (sulfide) groups is 1. The standard InChI is InChI=1S/C11H15NO2S/c1-8-9(4-3-5-10(8)12)11(13)14-6-7-15-2/h3-5H,6-7,12H2,1-2H3. The lowest BCUT2D eigenvalue weighted by atomic mass is 10.1. The molecular formula is C11H15NO2S. The van der Waals surface area contributed by atoms with Crippen molar-refractivity contribution in [1.82, 2.24) is 0 Å². The van der Waals surface area contributed by atoms with Gasteiger partial charge in [0.2, 0.25) is 0 Å². The van der Waals surface area contributed by atoms with E-state index in [-0.39, 0.29) is 5.97 Å². The largest absolute Gasteiger partial charge is 0.461 e. The minimum Gasteiger partial charge on any atom is -0.461 e. The van der Waals surface area contributed by atoms with Crippen LogP contribution in [-0.2, 0) is 4.74 Å². The molecule has 3 nitrogen and oxygen atoms in total. The maximum absolute atomic E-state index is 11.6. The van der Waals surface area contributed by atoms with E-state index in [1.54, 1.807) is 30.0 Å². The second-order valence-corrected chi connectivity index (χ2v) is 4.13. The molecule has 0 aliphatic rings. The van der Waals surface area contributed by atoms with Crippen molar-refractivity contribution in [3.8, 4) is 0 Å². The average Bonchev–Trinajstić information content (AvgIpc) is 2.22. The molecule has 0 fully saturated rings. The van der Waals surface area contributed by atoms with Crippen LogP contribution in [0.3, 0.4) is 0 Å². The van der Waals surface area contributed by atoms with Gasteiger partial charge in [-0.05, 0) is 30.9 Å². The Morgan fingerprint density at radius 1 is 1.53 bits per heavy atom. The maximum atomic E-state index is 11.6. The van der Waals surface area contributed by atoms with Gasteiger partial charge in [-0.25, -0.2) is 4.79 Å². The van der Waals surface area contributed by atoms with Crippen molar-refractivity contribution in [3.63, 3.8) is 0 Å². The summed E-state index contributed by atoms with van der Waals surface area (Å²) in [6.07, 6.45) is 1.97. The predicted molar refractivity (Wildman–Crippen MR) is 64.3 cm³/mol. The molecule has 1 aromatic rings. The Kier molecular flexibility index (Phi) is 4.49. The van der Waals surface area contributed by atoms with Gasteiger partial charge in [-0.3, -0.25) is 0 Å². The van der Waals surface area contributed by atoms with Gasteiger partial charge >= 0.3 is 5.97 Å². The molecule has 0 amide bonds. The molecular weight excluding hydrogens is 210 g/mol. The molecule has 1 rings (SSSR count). The monoisotopic (exact) mass is 225 g/mol. The molecule has 0 saturated carbocycles. The number of benzene rings is 1. The Balaban J connectivity index is 2.69. The molecule has 2 N–H and O–H groups in total. The second-order valence-electron chi connectivity index (χ2n) is 3.15. The number of hydrogen-bond donors (Lipinski definition) is 1. The summed E-state index contributed by atoms with van der Waals surface area (Å²) in [4.78, 5) is 11.6. The first-order valence-electron chi connectivity index (χ1n) is 4.68. The van der Waals surface area contributed by atoms with Gasteiger partial charge in [0, 0.05) is 11.4 Å². The number of ether oxygens (including phenoxy) is 1. The molecule has 0 spiro atoms. The molecule has 4 heteroatoms. The lowest BCUT2D eigenvalue weighted by Gasteiger charge is -2.07. The fraction of sp³-hybridized carbons (Fsp3) is 0.364. The van der Waals surface area contributed by atoms with E-state index in [0.29, 0.717) is 17.9 Å². The molecule has 0 atom stereocenters. The van der Waals surface area contributed by atoms with Gasteiger partial charge in [-0.15, -0.1) is 0 Å². The molecule has 0 aromatic heterocycles. The van der Waals surface area contributed by atoms with Crippen LogP contribution in [0.2, 0.25) is 0 Å². The van der Waals surface area contributed by atoms with E-state index < -0.39 is 0 Å². The van der Waals surface area contributed by atoms with Crippen molar-refractivity contribution in [2.24, 2.45) is 0 Å². The number of esters is 1. The molecule has 0 radical (unpaired) electrons. The first-order valence-corrected chi connectivity index (χ1v) is 6.07. The molecule has 0 aliphatic carbocycles. The Labute approximate surface area is 94.0 Å². The van der Waals surface area contributed by atoms with Crippen LogP contribution in [0.1, 0.15) is 15.9 Å². The van der Waals surface area contributed by atoms with Crippen LogP contribution in [0.25, 0.3) is 0 Å². The third kappa shape index (κ3) is 3.16. The van der Waals surface area contributed by atoms with E-state index in [2.05, 4.69) is 0 Å². The smallest absolute Gasteiger partial charge is 0.338 e. The minimum absolute atomic E-state index is 0.297. The summed E-state index contributed by atoms with van der Waals surface area (Å²) in [6, 6.07) is 5.26. The summed E-state index contributed by atoms with van der Waals surface area (Å²) < 4.78 is 5.09. The molecule has 1 aromatic carbocycles. The van der Waals surface area contributed by atoms with E-state index in [1.165, 1.54) is 0 Å². The molecule has 0 heterocycles. The Hall–Kier alpha value is -1.16. The van der Waals surface area contributed by atoms with Gasteiger partial charge in [0.1, 0.15) is 6.61 Å². The number of rotatable bonds is 4. The summed E-state index contributed by atoms with van der Waals surface area (Å²) in [5, 5.41) is 0. The lowest BCUT2D eigenvalue weighted by Crippen LogP contribution is -2.10. The van der Waals surface area contributed by atoms with E-state index in [9.17, 15) is 4.79 Å². The first kappa shape index (κ1) is 11.9. The Morgan fingerprint density at radius 2 is 2.27 bits per heavy atom. The first-order chi connectivity index (χ1) is 7.16. The Morgan fingerprint density at radius 3 is 2.93 bits per heavy atom. The number of anilines is 1. The van der Waals surface area contributed by atoms with Crippen molar-refractivity contribution < 1.29 is 9.53 Å². The summed E-state index contributed by atoms with van der Waals surface area (Å²) in [7, 11) is 0. The quantitative estimate of drug-likeness (QED) is 0.484. The number of hydrogen-bond acceptors (Lipinski definition) is 4. The number of carbonyl (C=O) groups is 1. The molecule has 0 unspecified atom stereocenters. The predicted octanol–water partition coefficient (Wildman–Crippen LogP) is 2.10. The van der Waals surface area contributed by atoms with Gasteiger partial charge in [-0.1, -0.05) is 6.07 Å². The fourth-order valence-electron chi connectivity index (χ4n) is 1.17. The van der Waals surface area contributed by atoms with E-state index >= 15 is 0 Å². The number of carbonyl (C=O) groups excluding carboxylic acids is 1. The fourth-order valence-corrected chi connectivity index (χ4v) is 1.42. The topological polar surface area (TPSA) is 52.3 Å². The number of nitrogen functional groups attached to an aromatic ring is 1. The third-order valence-corrected chi connectivity index (χ3v) is 2.69. The van der Waals surface area contributed by atoms with E-state index in [1.807, 2.05) is 13.2 Å². The average molecular weight is 225 g/mol. The SMILES string of the molecule is CSCCOC(=O)c1cccc(N)c1C. The lowest BCUT2D eigenvalue weighted by molar-refractivity contribution is 0.0529. The maximum Gasteiger partial charge on any atom is 0.338 e. The van der Waals surface area contributed by atoms with Crippen LogP contribution in [0.15, 0.2) is 18.2 Å². The van der Waals surface area contributed by atoms with Gasteiger partial charge < -0.3 is 10.5 Å². The summed E-state index contributed by atoms with van der Waals surface area (Å²) in [6.45, 7) is 2.26. The summed E-state index contributed by atoms with van der Waals surface area (Å²) >= 11 is 1.64. The second kappa shape index (κ2) is 5.66. The zero-order chi connectivity index (χ0) is 11.3. The minimum atomic E-state index is -0.297. The summed E-state index contributed by atoms with van der Waals surface area (Å²) in [5.41, 5.74) is 7.66. The van der Waals surface area contributed by atoms with Gasteiger partial charge in [0.15, 0.2) is 0 Å². The van der Waals surface area contributed by atoms with Crippen molar-refractivity contribution in [2.45, 2.75) is 6.92 Å². The highest BCUT2D eigenvalue weighted by Gasteiger charge is 2.11. The van der Waals surface area contributed by atoms with Crippen LogP contribution in [-0.4, -0.2) is 24.6 Å². The third-order valence-electron chi connectivity index (χ3n) is 2.12. The van der Waals surface area contributed by atoms with Crippen LogP contribution < -0.4 is 5.73 Å². The van der Waals surface area contributed by atoms with Crippen molar-refractivity contribution in [3.05, 3.63) is 29.3 Å². The Bertz CT molecular complexity index is 352. The van der Waals surface area contributed by atoms with Crippen LogP contribution >= 0.6 is 11.8 Å². The molecule has 0 aliphatic heterocycles. The zero-order valence-electron chi connectivity index (χ0n) is 8.95. The highest BCUT2D eigenvalue weighted by molar-refractivity contribution is 7.98. The number of nitrogens with two attached hydrogens (primary N) is 1. The van der Waals surface area contributed by atoms with Crippen molar-refractivity contribution in [1.29, 1.82) is 0 Å². The highest BCUT2D eigenvalue weighted by Crippen LogP contribution is 2.16. The molecule has 82 valence electrons. The summed E-state index contributed by atoms with van der Waals surface area (Å²) in [5.74, 6) is 0.515. The zero-order valence-corrected chi connectivity index (χ0v) is 9.76. The molecule has 0 saturated heterocycles. The van der Waals surface area contributed by atoms with Gasteiger partial charge in [-0.2, -0.15) is 11.8 Å². The van der Waals surface area contributed by atoms with E-state index in [0.717, 1.165) is 11.3 Å². The molecule has 0 bridgehead atoms. The normalized spacial score (nSPS) is 10.0. The highest BCUT2D eigenvalue weighted by atomic mass is 32.2. The van der Waals surface area contributed by atoms with Crippen LogP contribution in [0, 0.1) is 6.92 Å². The van der Waals surface area contributed by atoms with Crippen LogP contribution in [0.4, 0.5) is 5.69 Å². The van der Waals surface area contributed by atoms with Crippen molar-refractivity contribution in [2.75, 3.05) is 24.3 Å². The van der Waals surface area contributed by atoms with Gasteiger partial charge in [0.05, 0.1) is 5.56 Å².